The normalized spacial score (nSPS) is 16.8. The summed E-state index contributed by atoms with van der Waals surface area (Å²) in [6.07, 6.45) is 2.29. The van der Waals surface area contributed by atoms with Gasteiger partial charge in [-0.05, 0) is 49.7 Å². The molecule has 0 aliphatic carbocycles. The summed E-state index contributed by atoms with van der Waals surface area (Å²) in [4.78, 5) is 23.9. The standard InChI is InChI=1S/C21H20ClN5O/c22-12-7-8-15-14(10-12)19(24-11-13-4-3-9-23-13)18(21(28)27-15)20-25-16-5-1-2-6-17(16)26-20/h1-2,5-8,10,13,23H,3-4,9,11H2,(H,25,26)(H2,24,27,28). The summed E-state index contributed by atoms with van der Waals surface area (Å²) in [7, 11) is 0. The molecule has 1 unspecified atom stereocenters. The number of H-pyrrole nitrogens is 2. The van der Waals surface area contributed by atoms with Crippen LogP contribution in [0.4, 0.5) is 5.69 Å². The Bertz CT molecular complexity index is 1190. The van der Waals surface area contributed by atoms with Crippen LogP contribution in [0.2, 0.25) is 5.02 Å². The number of imidazole rings is 1. The van der Waals surface area contributed by atoms with E-state index in [9.17, 15) is 4.79 Å². The topological polar surface area (TPSA) is 85.6 Å². The zero-order valence-electron chi connectivity index (χ0n) is 15.2. The van der Waals surface area contributed by atoms with Crippen molar-refractivity contribution in [1.29, 1.82) is 0 Å². The van der Waals surface area contributed by atoms with Crippen molar-refractivity contribution in [2.24, 2.45) is 0 Å². The molecule has 6 nitrogen and oxygen atoms in total. The Hall–Kier alpha value is -2.83. The molecule has 0 saturated carbocycles. The number of aromatic nitrogens is 3. The van der Waals surface area contributed by atoms with E-state index in [-0.39, 0.29) is 5.56 Å². The molecule has 1 atom stereocenters. The molecule has 142 valence electrons. The minimum Gasteiger partial charge on any atom is -0.382 e. The molecular weight excluding hydrogens is 374 g/mol. The third-order valence-electron chi connectivity index (χ3n) is 5.29. The molecule has 1 fully saturated rings. The van der Waals surface area contributed by atoms with E-state index in [0.717, 1.165) is 47.1 Å². The SMILES string of the molecule is O=c1[nH]c2ccc(Cl)cc2c(NCC2CCCN2)c1-c1nc2ccccc2[nH]1. The van der Waals surface area contributed by atoms with Crippen LogP contribution >= 0.6 is 11.6 Å². The molecule has 1 aliphatic rings. The van der Waals surface area contributed by atoms with Gasteiger partial charge in [0.05, 0.1) is 22.2 Å². The van der Waals surface area contributed by atoms with Crippen molar-refractivity contribution in [2.45, 2.75) is 18.9 Å². The number of nitrogens with one attached hydrogen (secondary N) is 4. The van der Waals surface area contributed by atoms with Crippen molar-refractivity contribution in [3.63, 3.8) is 0 Å². The summed E-state index contributed by atoms with van der Waals surface area (Å²) >= 11 is 6.26. The minimum atomic E-state index is -0.184. The maximum absolute atomic E-state index is 13.0. The van der Waals surface area contributed by atoms with Gasteiger partial charge in [0.15, 0.2) is 0 Å². The summed E-state index contributed by atoms with van der Waals surface area (Å²) < 4.78 is 0. The van der Waals surface area contributed by atoms with Gasteiger partial charge in [-0.15, -0.1) is 0 Å². The van der Waals surface area contributed by atoms with Crippen molar-refractivity contribution >= 4 is 39.2 Å². The monoisotopic (exact) mass is 393 g/mol. The van der Waals surface area contributed by atoms with Crippen LogP contribution in [0.1, 0.15) is 12.8 Å². The number of aromatic amines is 2. The number of benzene rings is 2. The van der Waals surface area contributed by atoms with Gasteiger partial charge in [-0.3, -0.25) is 4.79 Å². The third kappa shape index (κ3) is 3.04. The van der Waals surface area contributed by atoms with Crippen LogP contribution in [-0.2, 0) is 0 Å². The molecule has 0 amide bonds. The number of anilines is 1. The van der Waals surface area contributed by atoms with E-state index >= 15 is 0 Å². The molecule has 3 heterocycles. The van der Waals surface area contributed by atoms with Crippen LogP contribution in [0.5, 0.6) is 0 Å². The molecule has 28 heavy (non-hydrogen) atoms. The lowest BCUT2D eigenvalue weighted by Gasteiger charge is -2.17. The maximum Gasteiger partial charge on any atom is 0.261 e. The molecule has 4 N–H and O–H groups in total. The molecule has 0 radical (unpaired) electrons. The molecular formula is C21H20ClN5O. The van der Waals surface area contributed by atoms with E-state index in [2.05, 4.69) is 25.6 Å². The van der Waals surface area contributed by atoms with E-state index in [0.29, 0.717) is 22.5 Å². The van der Waals surface area contributed by atoms with Crippen molar-refractivity contribution in [3.05, 3.63) is 57.8 Å². The van der Waals surface area contributed by atoms with Gasteiger partial charge in [-0.25, -0.2) is 4.98 Å². The second kappa shape index (κ2) is 6.96. The van der Waals surface area contributed by atoms with Gasteiger partial charge in [0, 0.05) is 23.0 Å². The highest BCUT2D eigenvalue weighted by Crippen LogP contribution is 2.32. The van der Waals surface area contributed by atoms with Crippen molar-refractivity contribution in [2.75, 3.05) is 18.4 Å². The Morgan fingerprint density at radius 2 is 2.04 bits per heavy atom. The highest BCUT2D eigenvalue weighted by Gasteiger charge is 2.20. The molecule has 1 aliphatic heterocycles. The molecule has 0 spiro atoms. The van der Waals surface area contributed by atoms with Gasteiger partial charge in [0.25, 0.3) is 5.56 Å². The Morgan fingerprint density at radius 1 is 1.14 bits per heavy atom. The number of hydrogen-bond acceptors (Lipinski definition) is 4. The first-order valence-electron chi connectivity index (χ1n) is 9.47. The van der Waals surface area contributed by atoms with Gasteiger partial charge in [-0.1, -0.05) is 23.7 Å². The van der Waals surface area contributed by atoms with E-state index in [1.165, 1.54) is 6.42 Å². The van der Waals surface area contributed by atoms with Gasteiger partial charge in [0.2, 0.25) is 0 Å². The van der Waals surface area contributed by atoms with Gasteiger partial charge < -0.3 is 20.6 Å². The van der Waals surface area contributed by atoms with Gasteiger partial charge in [-0.2, -0.15) is 0 Å². The maximum atomic E-state index is 13.0. The van der Waals surface area contributed by atoms with E-state index in [4.69, 9.17) is 11.6 Å². The van der Waals surface area contributed by atoms with E-state index < -0.39 is 0 Å². The van der Waals surface area contributed by atoms with Gasteiger partial charge in [0.1, 0.15) is 11.4 Å². The molecule has 5 rings (SSSR count). The third-order valence-corrected chi connectivity index (χ3v) is 5.53. The number of fused-ring (bicyclic) bond motifs is 2. The molecule has 4 aromatic rings. The predicted octanol–water partition coefficient (Wildman–Crippen LogP) is 3.89. The summed E-state index contributed by atoms with van der Waals surface area (Å²) in [5.41, 5.74) is 3.54. The van der Waals surface area contributed by atoms with E-state index in [1.54, 1.807) is 6.07 Å². The molecule has 0 bridgehead atoms. The van der Waals surface area contributed by atoms with Crippen LogP contribution in [0, 0.1) is 0 Å². The molecule has 2 aromatic heterocycles. The highest BCUT2D eigenvalue weighted by molar-refractivity contribution is 6.31. The molecule has 1 saturated heterocycles. The Balaban J connectivity index is 1.70. The van der Waals surface area contributed by atoms with Crippen LogP contribution in [0.15, 0.2) is 47.3 Å². The van der Waals surface area contributed by atoms with Crippen LogP contribution in [-0.4, -0.2) is 34.1 Å². The van der Waals surface area contributed by atoms with Gasteiger partial charge >= 0.3 is 0 Å². The number of nitrogens with zero attached hydrogens (tertiary/aromatic N) is 1. The highest BCUT2D eigenvalue weighted by atomic mass is 35.5. The summed E-state index contributed by atoms with van der Waals surface area (Å²) in [5.74, 6) is 0.547. The molecule has 2 aromatic carbocycles. The van der Waals surface area contributed by atoms with Crippen molar-refractivity contribution < 1.29 is 0 Å². The second-order valence-corrected chi connectivity index (χ2v) is 7.61. The number of halogens is 1. The van der Waals surface area contributed by atoms with Crippen LogP contribution in [0.3, 0.4) is 0 Å². The fourth-order valence-corrected chi connectivity index (χ4v) is 4.07. The molecule has 7 heteroatoms. The largest absolute Gasteiger partial charge is 0.382 e. The summed E-state index contributed by atoms with van der Waals surface area (Å²) in [5, 5.41) is 8.49. The Labute approximate surface area is 166 Å². The lowest BCUT2D eigenvalue weighted by Crippen LogP contribution is -2.30. The summed E-state index contributed by atoms with van der Waals surface area (Å²) in [6.45, 7) is 1.77. The number of rotatable bonds is 4. The Morgan fingerprint density at radius 3 is 2.86 bits per heavy atom. The summed E-state index contributed by atoms with van der Waals surface area (Å²) in [6, 6.07) is 13.6. The Kier molecular flexibility index (Phi) is 4.30. The first-order valence-corrected chi connectivity index (χ1v) is 9.85. The fraction of sp³-hybridized carbons (Fsp3) is 0.238. The lowest BCUT2D eigenvalue weighted by atomic mass is 10.1. The first kappa shape index (κ1) is 17.3. The average molecular weight is 394 g/mol. The zero-order chi connectivity index (χ0) is 19.1. The van der Waals surface area contributed by atoms with Crippen molar-refractivity contribution in [1.82, 2.24) is 20.3 Å². The first-order chi connectivity index (χ1) is 13.7. The quantitative estimate of drug-likeness (QED) is 0.423. The predicted molar refractivity (Wildman–Crippen MR) is 114 cm³/mol. The second-order valence-electron chi connectivity index (χ2n) is 7.17. The van der Waals surface area contributed by atoms with Crippen LogP contribution < -0.4 is 16.2 Å². The lowest BCUT2D eigenvalue weighted by molar-refractivity contribution is 0.634. The number of hydrogen-bond donors (Lipinski definition) is 4. The fourth-order valence-electron chi connectivity index (χ4n) is 3.90. The van der Waals surface area contributed by atoms with Crippen LogP contribution in [0.25, 0.3) is 33.3 Å². The van der Waals surface area contributed by atoms with E-state index in [1.807, 2.05) is 36.4 Å². The number of para-hydroxylation sites is 2. The smallest absolute Gasteiger partial charge is 0.261 e. The number of pyridine rings is 1. The minimum absolute atomic E-state index is 0.184. The average Bonchev–Trinajstić information content (AvgIpc) is 3.35. The zero-order valence-corrected chi connectivity index (χ0v) is 15.9. The van der Waals surface area contributed by atoms with Crippen molar-refractivity contribution in [3.8, 4) is 11.4 Å².